The summed E-state index contributed by atoms with van der Waals surface area (Å²) < 4.78 is 63.8. The number of hydrogen-bond donors (Lipinski definition) is 0. The van der Waals surface area contributed by atoms with Crippen LogP contribution in [0.15, 0.2) is 41.3 Å². The zero-order valence-electron chi connectivity index (χ0n) is 15.3. The molecule has 2 rings (SSSR count). The zero-order valence-corrected chi connectivity index (χ0v) is 18.9. The molecule has 145 valence electrons. The van der Waals surface area contributed by atoms with Gasteiger partial charge in [0.2, 0.25) is 10.0 Å². The normalized spacial score (nSPS) is 11.7. The molecule has 0 N–H and O–H groups in total. The Hall–Kier alpha value is -0.766. The van der Waals surface area contributed by atoms with E-state index in [0.717, 1.165) is 22.0 Å². The van der Waals surface area contributed by atoms with Crippen molar-refractivity contribution >= 4 is 10.0 Å². The van der Waals surface area contributed by atoms with E-state index in [4.69, 9.17) is 9.47 Å². The van der Waals surface area contributed by atoms with Gasteiger partial charge >= 0.3 is 0 Å². The summed E-state index contributed by atoms with van der Waals surface area (Å²) in [7, 11) is -1.15. The van der Waals surface area contributed by atoms with Crippen LogP contribution in [0.4, 0.5) is 8.78 Å². The van der Waals surface area contributed by atoms with Gasteiger partial charge < -0.3 is 9.47 Å². The summed E-state index contributed by atoms with van der Waals surface area (Å²) >= 11 is 0. The van der Waals surface area contributed by atoms with E-state index in [-0.39, 0.29) is 56.3 Å². The Morgan fingerprint density at radius 1 is 1.11 bits per heavy atom. The summed E-state index contributed by atoms with van der Waals surface area (Å²) in [6.07, 6.45) is -0.819. The molecule has 0 bridgehead atoms. The Morgan fingerprint density at radius 2 is 1.70 bits per heavy atom. The number of rotatable bonds is 8. The number of methoxy groups -OCH3 is 2. The number of benzene rings is 2. The van der Waals surface area contributed by atoms with E-state index < -0.39 is 27.9 Å². The van der Waals surface area contributed by atoms with Crippen LogP contribution in [-0.4, -0.2) is 39.8 Å². The van der Waals surface area contributed by atoms with Crippen molar-refractivity contribution in [2.75, 3.05) is 20.8 Å². The van der Waals surface area contributed by atoms with Crippen LogP contribution in [0.5, 0.6) is 0 Å². The van der Waals surface area contributed by atoms with Crippen LogP contribution in [-0.2, 0) is 58.8 Å². The Bertz CT molecular complexity index is 843. The zero-order chi connectivity index (χ0) is 19.3. The van der Waals surface area contributed by atoms with Gasteiger partial charge in [-0.2, -0.15) is 10.4 Å². The largest absolute Gasteiger partial charge is 0.354 e. The van der Waals surface area contributed by atoms with E-state index in [1.807, 2.05) is 6.92 Å². The van der Waals surface area contributed by atoms with E-state index in [1.54, 1.807) is 12.1 Å². The third kappa shape index (κ3) is 6.37. The summed E-state index contributed by atoms with van der Waals surface area (Å²) in [6, 6.07) is 10.6. The molecule has 0 saturated heterocycles. The fourth-order valence-corrected chi connectivity index (χ4v) is 3.69. The fraction of sp³-hybridized carbons (Fsp3) is 0.333. The quantitative estimate of drug-likeness (QED) is 0.437. The Labute approximate surface area is 183 Å². The van der Waals surface area contributed by atoms with Crippen LogP contribution in [0.25, 0.3) is 0 Å². The third-order valence-electron chi connectivity index (χ3n) is 3.80. The van der Waals surface area contributed by atoms with Gasteiger partial charge in [-0.25, -0.2) is 12.8 Å². The summed E-state index contributed by atoms with van der Waals surface area (Å²) in [4.78, 5) is 0.0802. The van der Waals surface area contributed by atoms with Crippen LogP contribution < -0.4 is 0 Å². The number of sulfonamides is 1. The minimum absolute atomic E-state index is 0. The molecule has 0 aliphatic rings. The molecule has 0 amide bonds. The molecule has 2 aromatic rings. The van der Waals surface area contributed by atoms with Crippen LogP contribution in [0.1, 0.15) is 11.1 Å². The van der Waals surface area contributed by atoms with Crippen LogP contribution in [0.3, 0.4) is 0 Å². The molecular formula is C18H20F2NO4SY-. The average molecular weight is 473 g/mol. The summed E-state index contributed by atoms with van der Waals surface area (Å²) in [6.45, 7) is 1.50. The van der Waals surface area contributed by atoms with E-state index in [2.05, 4.69) is 6.07 Å². The monoisotopic (exact) mass is 473 g/mol. The van der Waals surface area contributed by atoms with Gasteiger partial charge in [-0.3, -0.25) is 4.39 Å². The van der Waals surface area contributed by atoms with Crippen molar-refractivity contribution in [3.63, 3.8) is 0 Å². The second-order valence-corrected chi connectivity index (χ2v) is 7.60. The molecule has 0 spiro atoms. The molecule has 0 atom stereocenters. The maximum Gasteiger partial charge on any atom is 0.243 e. The van der Waals surface area contributed by atoms with Gasteiger partial charge in [-0.1, -0.05) is 17.7 Å². The molecular weight excluding hydrogens is 453 g/mol. The van der Waals surface area contributed by atoms with Crippen molar-refractivity contribution in [1.82, 2.24) is 4.31 Å². The standard InChI is InChI=1S/C18H20F2NO4S.Y/c1-13-4-7-15(8-5-13)26(22,23)21(12-18(24-2)25-3)11-14-6-9-16(19)17(20)10-14;/h4-5,7-10,18H,11-12H2,1-3H3;/q-1;. The summed E-state index contributed by atoms with van der Waals surface area (Å²) in [5.41, 5.74) is 1.10. The van der Waals surface area contributed by atoms with Gasteiger partial charge in [0.05, 0.1) is 11.4 Å². The molecule has 9 heteroatoms. The SMILES string of the molecule is COC(CN(Cc1[c-]cc(F)c(F)c1)S(=O)(=O)c1ccc(C)cc1)OC.[Y]. The smallest absolute Gasteiger partial charge is 0.243 e. The van der Waals surface area contributed by atoms with E-state index in [0.29, 0.717) is 0 Å². The number of aryl methyl sites for hydroxylation is 1. The minimum atomic E-state index is -3.92. The second kappa shape index (κ2) is 10.7. The third-order valence-corrected chi connectivity index (χ3v) is 5.62. The first-order chi connectivity index (χ1) is 12.3. The molecule has 0 aliphatic heterocycles. The van der Waals surface area contributed by atoms with Gasteiger partial charge in [0.1, 0.15) is 0 Å². The van der Waals surface area contributed by atoms with Crippen molar-refractivity contribution < 1.29 is 59.4 Å². The van der Waals surface area contributed by atoms with Gasteiger partial charge in [0, 0.05) is 65.1 Å². The van der Waals surface area contributed by atoms with Gasteiger partial charge in [0.25, 0.3) is 0 Å². The van der Waals surface area contributed by atoms with Crippen molar-refractivity contribution in [3.05, 3.63) is 65.2 Å². The first-order valence-corrected chi connectivity index (χ1v) is 9.20. The fourth-order valence-electron chi connectivity index (χ4n) is 2.29. The maximum atomic E-state index is 13.5. The molecule has 1 radical (unpaired) electrons. The molecule has 27 heavy (non-hydrogen) atoms. The number of nitrogens with zero attached hydrogens (tertiary/aromatic N) is 1. The maximum absolute atomic E-state index is 13.5. The van der Waals surface area contributed by atoms with Crippen molar-refractivity contribution in [2.45, 2.75) is 24.7 Å². The molecule has 0 heterocycles. The molecule has 0 saturated carbocycles. The molecule has 0 fully saturated rings. The summed E-state index contributed by atoms with van der Waals surface area (Å²) in [5, 5.41) is 0. The topological polar surface area (TPSA) is 55.8 Å². The predicted octanol–water partition coefficient (Wildman–Crippen LogP) is 2.88. The van der Waals surface area contributed by atoms with Crippen molar-refractivity contribution in [3.8, 4) is 0 Å². The molecule has 0 aliphatic carbocycles. The van der Waals surface area contributed by atoms with Crippen LogP contribution in [0.2, 0.25) is 0 Å². The molecule has 0 unspecified atom stereocenters. The number of hydrogen-bond acceptors (Lipinski definition) is 4. The van der Waals surface area contributed by atoms with E-state index >= 15 is 0 Å². The number of ether oxygens (including phenoxy) is 2. The van der Waals surface area contributed by atoms with E-state index in [1.165, 1.54) is 26.4 Å². The first-order valence-electron chi connectivity index (χ1n) is 7.76. The van der Waals surface area contributed by atoms with Gasteiger partial charge in [-0.15, -0.1) is 17.7 Å². The average Bonchev–Trinajstić information content (AvgIpc) is 2.61. The Kier molecular flexibility index (Phi) is 9.61. The number of halogens is 2. The Morgan fingerprint density at radius 3 is 2.22 bits per heavy atom. The van der Waals surface area contributed by atoms with Crippen molar-refractivity contribution in [2.24, 2.45) is 0 Å². The van der Waals surface area contributed by atoms with Gasteiger partial charge in [-0.05, 0) is 19.1 Å². The minimum Gasteiger partial charge on any atom is -0.354 e. The molecule has 5 nitrogen and oxygen atoms in total. The van der Waals surface area contributed by atoms with Crippen LogP contribution in [0, 0.1) is 24.6 Å². The summed E-state index contributed by atoms with van der Waals surface area (Å²) in [5.74, 6) is -2.12. The predicted molar refractivity (Wildman–Crippen MR) is 91.8 cm³/mol. The van der Waals surface area contributed by atoms with Crippen LogP contribution >= 0.6 is 0 Å². The Balaban J connectivity index is 0.00000364. The second-order valence-electron chi connectivity index (χ2n) is 5.67. The molecule has 0 aromatic heterocycles. The molecule has 2 aromatic carbocycles. The first kappa shape index (κ1) is 24.3. The van der Waals surface area contributed by atoms with Gasteiger partial charge in [0.15, 0.2) is 6.29 Å². The van der Waals surface area contributed by atoms with E-state index in [9.17, 15) is 17.2 Å². The van der Waals surface area contributed by atoms with Crippen molar-refractivity contribution in [1.29, 1.82) is 0 Å².